The molecule has 0 spiro atoms. The van der Waals surface area contributed by atoms with Gasteiger partial charge < -0.3 is 30.9 Å². The molecule has 0 unspecified atom stereocenters. The van der Waals surface area contributed by atoms with Crippen LogP contribution in [0.2, 0.25) is 5.28 Å². The molecule has 5 aromatic carbocycles. The molecule has 0 aliphatic heterocycles. The van der Waals surface area contributed by atoms with Crippen molar-refractivity contribution in [3.63, 3.8) is 0 Å². The number of phenolic OH excluding ortho intramolecular Hbond substituents is 1. The van der Waals surface area contributed by atoms with E-state index < -0.39 is 38.5 Å². The molecule has 26 heteroatoms. The molecule has 6 rings (SSSR count). The fourth-order valence-corrected chi connectivity index (χ4v) is 7.59. The second kappa shape index (κ2) is 22.4. The zero-order chi connectivity index (χ0) is 44.0. The van der Waals surface area contributed by atoms with Gasteiger partial charge in [0.1, 0.15) is 11.4 Å². The number of amides is 1. The number of rotatable bonds is 17. The number of sulfone groups is 1. The number of benzene rings is 5. The summed E-state index contributed by atoms with van der Waals surface area (Å²) in [5, 5.41) is 43.6. The Bertz CT molecular complexity index is 2830. The number of aromatic nitrogens is 3. The first-order valence-corrected chi connectivity index (χ1v) is 21.5. The maximum absolute atomic E-state index is 12.9. The molecular weight excluding hydrogens is 924 g/mol. The average molecular weight is 957 g/mol. The van der Waals surface area contributed by atoms with Crippen molar-refractivity contribution in [1.29, 1.82) is 0 Å². The number of carbonyl (C=O) groups excluding carboxylic acids is 1. The first-order chi connectivity index (χ1) is 28.9. The molecule has 1 heterocycles. The van der Waals surface area contributed by atoms with Crippen LogP contribution in [-0.4, -0.2) is 80.9 Å². The number of quaternary nitrogens is 1. The number of halogens is 1. The average Bonchev–Trinajstić information content (AvgIpc) is 3.19. The van der Waals surface area contributed by atoms with Gasteiger partial charge in [-0.15, -0.1) is 5.11 Å². The van der Waals surface area contributed by atoms with Gasteiger partial charge in [0.05, 0.1) is 61.0 Å². The van der Waals surface area contributed by atoms with Gasteiger partial charge in [0, 0.05) is 40.1 Å². The molecule has 1 amide bonds. The number of nitrogens with zero attached hydrogens (tertiary/aromatic N) is 6. The van der Waals surface area contributed by atoms with Crippen molar-refractivity contribution < 1.29 is 109 Å². The van der Waals surface area contributed by atoms with E-state index in [0.717, 1.165) is 11.4 Å². The topological polar surface area (TPSA) is 279 Å². The molecule has 0 bridgehead atoms. The summed E-state index contributed by atoms with van der Waals surface area (Å²) in [5.74, 6) is -1.26. The van der Waals surface area contributed by atoms with E-state index in [9.17, 15) is 36.5 Å². The van der Waals surface area contributed by atoms with Gasteiger partial charge in [0.25, 0.3) is 5.91 Å². The number of azo groups is 1. The van der Waals surface area contributed by atoms with Crippen LogP contribution in [0.3, 0.4) is 0 Å². The number of hydrogen-bond acceptors (Lipinski definition) is 19. The molecule has 20 nitrogen and oxygen atoms in total. The standard InChI is InChI=1S/C37H34ClN9O11S3.2Na/c1-47(2,3)28-13-8-25(9-14-28)40-36-42-35(38)43-37(44-36)41-27-12-17-30-23(20-27)21-31(59-58-57-50)32(33(30)48)46-45-26-6-4-22(5-7-26)34(49)39-24-10-15-29(16-11-24)60(51,52)19-18-56-61(53,54)55;;/h4-17,20-21H,18-19H2,1-3H3,(H5-,39,40,41,42,43,44,48,49,50,53,54,55);;/q;2*+1/p-1. The van der Waals surface area contributed by atoms with Crippen LogP contribution in [0.5, 0.6) is 5.75 Å². The second-order valence-electron chi connectivity index (χ2n) is 13.6. The summed E-state index contributed by atoms with van der Waals surface area (Å²) in [4.78, 5) is 25.6. The number of anilines is 5. The van der Waals surface area contributed by atoms with Crippen molar-refractivity contribution in [2.45, 2.75) is 9.79 Å². The van der Waals surface area contributed by atoms with Crippen LogP contribution in [0.25, 0.3) is 10.8 Å². The van der Waals surface area contributed by atoms with Crippen molar-refractivity contribution in [1.82, 2.24) is 19.4 Å². The number of carbonyl (C=O) groups is 1. The van der Waals surface area contributed by atoms with E-state index in [4.69, 9.17) is 11.6 Å². The van der Waals surface area contributed by atoms with Crippen molar-refractivity contribution in [3.05, 3.63) is 108 Å². The molecule has 0 fully saturated rings. The van der Waals surface area contributed by atoms with Gasteiger partial charge in [-0.2, -0.15) is 24.4 Å². The van der Waals surface area contributed by atoms with Crippen molar-refractivity contribution in [2.24, 2.45) is 10.2 Å². The molecule has 63 heavy (non-hydrogen) atoms. The monoisotopic (exact) mass is 956 g/mol. The Hall–Kier alpha value is -3.86. The maximum Gasteiger partial charge on any atom is 1.00 e. The van der Waals surface area contributed by atoms with E-state index in [1.807, 2.05) is 24.3 Å². The quantitative estimate of drug-likeness (QED) is 0.0139. The molecule has 0 aliphatic rings. The zero-order valence-electron chi connectivity index (χ0n) is 34.0. The van der Waals surface area contributed by atoms with Crippen molar-refractivity contribution in [3.8, 4) is 5.75 Å². The second-order valence-corrected chi connectivity index (χ2v) is 17.8. The normalized spacial score (nSPS) is 11.8. The Kier molecular flexibility index (Phi) is 18.4. The fraction of sp³-hybridized carbons (Fsp3) is 0.135. The first kappa shape index (κ1) is 51.8. The molecule has 0 aliphatic carbocycles. The van der Waals surface area contributed by atoms with Crippen LogP contribution in [0.15, 0.2) is 117 Å². The molecule has 0 saturated carbocycles. The zero-order valence-corrected chi connectivity index (χ0v) is 41.2. The van der Waals surface area contributed by atoms with E-state index >= 15 is 0 Å². The summed E-state index contributed by atoms with van der Waals surface area (Å²) in [6.07, 6.45) is 0. The van der Waals surface area contributed by atoms with E-state index in [1.54, 1.807) is 24.3 Å². The SMILES string of the molecule is C[N+](C)(C)c1ccc(Nc2nc(Cl)nc(Nc3ccc4c(O)c(N=Nc5ccc(C(=O)Nc6ccc(S(=O)(=O)CCOS(=O)(=O)[O-])cc6)cc5)c(SOO[O-])cc4c3)n2)cc1.[Na+].[Na+]. The maximum atomic E-state index is 12.9. The van der Waals surface area contributed by atoms with E-state index in [-0.39, 0.29) is 114 Å². The Labute approximate surface area is 414 Å². The van der Waals surface area contributed by atoms with Gasteiger partial charge in [-0.05, 0) is 102 Å². The van der Waals surface area contributed by atoms with Gasteiger partial charge in [-0.1, -0.05) is 0 Å². The van der Waals surface area contributed by atoms with Gasteiger partial charge >= 0.3 is 59.1 Å². The number of aromatic hydroxyl groups is 1. The smallest absolute Gasteiger partial charge is 0.726 e. The van der Waals surface area contributed by atoms with Crippen LogP contribution in [-0.2, 0) is 33.8 Å². The number of phenols is 1. The Morgan fingerprint density at radius 1 is 0.825 bits per heavy atom. The Morgan fingerprint density at radius 2 is 1.43 bits per heavy atom. The number of hydrogen-bond donors (Lipinski definition) is 4. The molecule has 318 valence electrons. The predicted molar refractivity (Wildman–Crippen MR) is 224 cm³/mol. The summed E-state index contributed by atoms with van der Waals surface area (Å²) >= 11 is 6.71. The molecular formula is C37H33ClN9Na2O11S3+. The van der Waals surface area contributed by atoms with Crippen molar-refractivity contribution in [2.75, 3.05) is 49.5 Å². The van der Waals surface area contributed by atoms with Gasteiger partial charge in [0.2, 0.25) is 27.6 Å². The number of fused-ring (bicyclic) bond motifs is 1. The van der Waals surface area contributed by atoms with Gasteiger partial charge in [-0.3, -0.25) is 18.5 Å². The molecule has 6 aromatic rings. The van der Waals surface area contributed by atoms with Crippen LogP contribution in [0, 0.1) is 0 Å². The molecule has 0 saturated heterocycles. The van der Waals surface area contributed by atoms with E-state index in [2.05, 4.69) is 75.8 Å². The largest absolute Gasteiger partial charge is 1.00 e. The Balaban J connectivity index is 0.00000436. The third kappa shape index (κ3) is 14.6. The first-order valence-electron chi connectivity index (χ1n) is 17.4. The van der Waals surface area contributed by atoms with Crippen LogP contribution >= 0.6 is 23.6 Å². The predicted octanol–water partition coefficient (Wildman–Crippen LogP) is 0.225. The summed E-state index contributed by atoms with van der Waals surface area (Å²) in [7, 11) is -2.84. The molecule has 0 radical (unpaired) electrons. The third-order valence-electron chi connectivity index (χ3n) is 8.41. The van der Waals surface area contributed by atoms with E-state index in [1.165, 1.54) is 48.5 Å². The van der Waals surface area contributed by atoms with Crippen molar-refractivity contribution >= 4 is 107 Å². The van der Waals surface area contributed by atoms with Gasteiger partial charge in [-0.25, -0.2) is 16.8 Å². The minimum absolute atomic E-state index is 0. The summed E-state index contributed by atoms with van der Waals surface area (Å²) in [6, 6.07) is 25.2. The summed E-state index contributed by atoms with van der Waals surface area (Å²) < 4.78 is 65.7. The third-order valence-corrected chi connectivity index (χ3v) is 11.3. The summed E-state index contributed by atoms with van der Waals surface area (Å²) in [5.41, 5.74) is 3.03. The molecule has 1 aromatic heterocycles. The van der Waals surface area contributed by atoms with Crippen LogP contribution in [0.4, 0.5) is 46.0 Å². The number of nitrogens with one attached hydrogen (secondary N) is 3. The van der Waals surface area contributed by atoms with E-state index in [0.29, 0.717) is 33.0 Å². The molecule has 4 N–H and O–H groups in total. The van der Waals surface area contributed by atoms with Crippen LogP contribution < -0.4 is 84.8 Å². The Morgan fingerprint density at radius 3 is 2.03 bits per heavy atom. The minimum atomic E-state index is -5.04. The fourth-order valence-electron chi connectivity index (χ4n) is 5.45. The molecule has 0 atom stereocenters. The minimum Gasteiger partial charge on any atom is -0.726 e. The van der Waals surface area contributed by atoms with Gasteiger partial charge in [0.15, 0.2) is 15.6 Å². The van der Waals surface area contributed by atoms with Crippen LogP contribution in [0.1, 0.15) is 10.4 Å². The summed E-state index contributed by atoms with van der Waals surface area (Å²) in [6.45, 7) is -0.842.